The van der Waals surface area contributed by atoms with Gasteiger partial charge in [-0.05, 0) is 34.9 Å². The van der Waals surface area contributed by atoms with Gasteiger partial charge in [0.2, 0.25) is 0 Å². The number of rotatable bonds is 4. The van der Waals surface area contributed by atoms with Gasteiger partial charge in [-0.3, -0.25) is 0 Å². The third-order valence-electron chi connectivity index (χ3n) is 4.94. The molecule has 4 rings (SSSR count). The van der Waals surface area contributed by atoms with Gasteiger partial charge in [-0.2, -0.15) is 0 Å². The maximum Gasteiger partial charge on any atom is 0.161 e. The number of benzene rings is 2. The van der Waals surface area contributed by atoms with Crippen molar-refractivity contribution >= 4 is 0 Å². The van der Waals surface area contributed by atoms with E-state index in [1.54, 1.807) is 14.2 Å². The first-order valence-corrected chi connectivity index (χ1v) is 8.49. The molecule has 25 heavy (non-hydrogen) atoms. The first kappa shape index (κ1) is 15.8. The Morgan fingerprint density at radius 3 is 2.44 bits per heavy atom. The van der Waals surface area contributed by atoms with E-state index in [4.69, 9.17) is 9.47 Å². The van der Waals surface area contributed by atoms with Crippen molar-refractivity contribution in [3.63, 3.8) is 0 Å². The summed E-state index contributed by atoms with van der Waals surface area (Å²) in [4.78, 5) is 3.46. The lowest BCUT2D eigenvalue weighted by Crippen LogP contribution is -2.33. The lowest BCUT2D eigenvalue weighted by atomic mass is 9.85. The zero-order valence-corrected chi connectivity index (χ0v) is 14.5. The van der Waals surface area contributed by atoms with Crippen LogP contribution in [0.15, 0.2) is 60.8 Å². The van der Waals surface area contributed by atoms with E-state index in [9.17, 15) is 0 Å². The van der Waals surface area contributed by atoms with E-state index in [2.05, 4.69) is 58.8 Å². The molecule has 0 bridgehead atoms. The minimum absolute atomic E-state index is 0.221. The highest BCUT2D eigenvalue weighted by molar-refractivity contribution is 5.48. The van der Waals surface area contributed by atoms with Crippen molar-refractivity contribution in [2.24, 2.45) is 0 Å². The third-order valence-corrected chi connectivity index (χ3v) is 4.94. The summed E-state index contributed by atoms with van der Waals surface area (Å²) in [6.45, 7) is 0.864. The number of aromatic nitrogens is 1. The van der Waals surface area contributed by atoms with Gasteiger partial charge in [0.15, 0.2) is 11.5 Å². The lowest BCUT2D eigenvalue weighted by molar-refractivity contribution is 0.354. The number of hydrogen-bond acceptors (Lipinski definition) is 3. The van der Waals surface area contributed by atoms with Crippen LogP contribution in [0.3, 0.4) is 0 Å². The molecule has 4 heteroatoms. The SMILES string of the molecule is COc1ccc(C2CNC(c3ccccc3)c3cc[nH]c32)cc1OC. The normalized spacial score (nSPS) is 19.3. The molecule has 0 amide bonds. The van der Waals surface area contributed by atoms with Crippen LogP contribution in [0.2, 0.25) is 0 Å². The van der Waals surface area contributed by atoms with Crippen LogP contribution in [-0.2, 0) is 0 Å². The molecular weight excluding hydrogens is 312 g/mol. The maximum absolute atomic E-state index is 5.47. The Balaban J connectivity index is 1.71. The zero-order chi connectivity index (χ0) is 17.2. The van der Waals surface area contributed by atoms with Crippen molar-refractivity contribution in [1.29, 1.82) is 0 Å². The van der Waals surface area contributed by atoms with E-state index in [0.29, 0.717) is 0 Å². The molecular formula is C21H22N2O2. The molecule has 0 aliphatic carbocycles. The molecule has 2 heterocycles. The Labute approximate surface area is 147 Å². The van der Waals surface area contributed by atoms with Gasteiger partial charge in [-0.1, -0.05) is 36.4 Å². The smallest absolute Gasteiger partial charge is 0.161 e. The van der Waals surface area contributed by atoms with Crippen molar-refractivity contribution in [2.75, 3.05) is 20.8 Å². The van der Waals surface area contributed by atoms with Crippen LogP contribution in [0.1, 0.15) is 34.3 Å². The quantitative estimate of drug-likeness (QED) is 0.762. The van der Waals surface area contributed by atoms with E-state index in [0.717, 1.165) is 18.0 Å². The van der Waals surface area contributed by atoms with Crippen LogP contribution in [0.25, 0.3) is 0 Å². The van der Waals surface area contributed by atoms with Gasteiger partial charge in [0.1, 0.15) is 0 Å². The third kappa shape index (κ3) is 2.79. The van der Waals surface area contributed by atoms with Gasteiger partial charge < -0.3 is 19.8 Å². The van der Waals surface area contributed by atoms with E-state index < -0.39 is 0 Å². The molecule has 4 nitrogen and oxygen atoms in total. The Morgan fingerprint density at radius 1 is 0.880 bits per heavy atom. The number of ether oxygens (including phenoxy) is 2. The van der Waals surface area contributed by atoms with E-state index in [-0.39, 0.29) is 12.0 Å². The van der Waals surface area contributed by atoms with Gasteiger partial charge in [0.05, 0.1) is 20.3 Å². The van der Waals surface area contributed by atoms with E-state index in [1.807, 2.05) is 12.3 Å². The molecule has 1 aliphatic heterocycles. The van der Waals surface area contributed by atoms with Gasteiger partial charge >= 0.3 is 0 Å². The summed E-state index contributed by atoms with van der Waals surface area (Å²) in [5, 5.41) is 3.70. The minimum atomic E-state index is 0.221. The first-order valence-electron chi connectivity index (χ1n) is 8.49. The fraction of sp³-hybridized carbons (Fsp3) is 0.238. The molecule has 2 atom stereocenters. The highest BCUT2D eigenvalue weighted by Crippen LogP contribution is 2.39. The van der Waals surface area contributed by atoms with Gasteiger partial charge in [-0.15, -0.1) is 0 Å². The summed E-state index contributed by atoms with van der Waals surface area (Å²) in [5.41, 5.74) is 5.06. The number of hydrogen-bond donors (Lipinski definition) is 2. The number of H-pyrrole nitrogens is 1. The molecule has 0 saturated heterocycles. The molecule has 1 aliphatic rings. The van der Waals surface area contributed by atoms with Gasteiger partial charge in [-0.25, -0.2) is 0 Å². The predicted octanol–water partition coefficient (Wildman–Crippen LogP) is 3.86. The fourth-order valence-electron chi connectivity index (χ4n) is 3.69. The number of nitrogens with one attached hydrogen (secondary N) is 2. The van der Waals surface area contributed by atoms with Crippen LogP contribution in [0.5, 0.6) is 11.5 Å². The molecule has 0 spiro atoms. The molecule has 2 aromatic carbocycles. The molecule has 2 N–H and O–H groups in total. The van der Waals surface area contributed by atoms with Crippen LogP contribution in [0.4, 0.5) is 0 Å². The molecule has 1 aromatic heterocycles. The van der Waals surface area contributed by atoms with E-state index in [1.165, 1.54) is 22.4 Å². The average molecular weight is 334 g/mol. The first-order chi connectivity index (χ1) is 12.3. The summed E-state index contributed by atoms with van der Waals surface area (Å²) in [7, 11) is 3.33. The summed E-state index contributed by atoms with van der Waals surface area (Å²) < 4.78 is 10.8. The Bertz CT molecular complexity index is 857. The second kappa shape index (κ2) is 6.65. The highest BCUT2D eigenvalue weighted by atomic mass is 16.5. The van der Waals surface area contributed by atoms with Crippen molar-refractivity contribution in [3.05, 3.63) is 83.2 Å². The number of methoxy groups -OCH3 is 2. The lowest BCUT2D eigenvalue weighted by Gasteiger charge is -2.31. The summed E-state index contributed by atoms with van der Waals surface area (Å²) >= 11 is 0. The van der Waals surface area contributed by atoms with Crippen molar-refractivity contribution in [2.45, 2.75) is 12.0 Å². The highest BCUT2D eigenvalue weighted by Gasteiger charge is 2.30. The molecule has 0 fully saturated rings. The second-order valence-corrected chi connectivity index (χ2v) is 6.27. The maximum atomic E-state index is 5.47. The minimum Gasteiger partial charge on any atom is -0.493 e. The largest absolute Gasteiger partial charge is 0.493 e. The summed E-state index contributed by atoms with van der Waals surface area (Å²) in [5.74, 6) is 1.77. The number of aromatic amines is 1. The van der Waals surface area contributed by atoms with Crippen molar-refractivity contribution in [1.82, 2.24) is 10.3 Å². The molecule has 2 unspecified atom stereocenters. The van der Waals surface area contributed by atoms with Crippen LogP contribution < -0.4 is 14.8 Å². The van der Waals surface area contributed by atoms with Crippen molar-refractivity contribution < 1.29 is 9.47 Å². The summed E-state index contributed by atoms with van der Waals surface area (Å²) in [6, 6.07) is 19.1. The Morgan fingerprint density at radius 2 is 1.68 bits per heavy atom. The predicted molar refractivity (Wildman–Crippen MR) is 98.5 cm³/mol. The Hall–Kier alpha value is -2.72. The average Bonchev–Trinajstić information content (AvgIpc) is 3.17. The van der Waals surface area contributed by atoms with Crippen LogP contribution in [-0.4, -0.2) is 25.7 Å². The molecule has 128 valence electrons. The van der Waals surface area contributed by atoms with Gasteiger partial charge in [0.25, 0.3) is 0 Å². The van der Waals surface area contributed by atoms with Crippen molar-refractivity contribution in [3.8, 4) is 11.5 Å². The zero-order valence-electron chi connectivity index (χ0n) is 14.5. The van der Waals surface area contributed by atoms with E-state index >= 15 is 0 Å². The topological polar surface area (TPSA) is 46.3 Å². The van der Waals surface area contributed by atoms with Gasteiger partial charge in [0, 0.05) is 24.4 Å². The number of fused-ring (bicyclic) bond motifs is 1. The molecule has 0 saturated carbocycles. The van der Waals surface area contributed by atoms with Crippen LogP contribution >= 0.6 is 0 Å². The monoisotopic (exact) mass is 334 g/mol. The Kier molecular flexibility index (Phi) is 4.20. The molecule has 3 aromatic rings. The fourth-order valence-corrected chi connectivity index (χ4v) is 3.69. The molecule has 0 radical (unpaired) electrons. The second-order valence-electron chi connectivity index (χ2n) is 6.27. The van der Waals surface area contributed by atoms with Crippen LogP contribution in [0, 0.1) is 0 Å². The summed E-state index contributed by atoms with van der Waals surface area (Å²) in [6.07, 6.45) is 2.03. The standard InChI is InChI=1S/C21H22N2O2/c1-24-18-9-8-15(12-19(18)25-2)17-13-23-20(14-6-4-3-5-7-14)16-10-11-22-21(16)17/h3-12,17,20,22-23H,13H2,1-2H3.